The van der Waals surface area contributed by atoms with E-state index >= 15 is 0 Å². The number of benzene rings is 2. The molecule has 30 heavy (non-hydrogen) atoms. The molecule has 0 radical (unpaired) electrons. The fourth-order valence-corrected chi connectivity index (χ4v) is 5.32. The third-order valence-corrected chi connectivity index (χ3v) is 7.91. The summed E-state index contributed by atoms with van der Waals surface area (Å²) < 4.78 is 42.8. The van der Waals surface area contributed by atoms with Crippen LogP contribution in [0.2, 0.25) is 10.0 Å². The van der Waals surface area contributed by atoms with E-state index in [9.17, 15) is 17.6 Å². The van der Waals surface area contributed by atoms with Crippen LogP contribution in [0.15, 0.2) is 41.3 Å². The number of rotatable bonds is 5. The smallest absolute Gasteiger partial charge is 0.258 e. The van der Waals surface area contributed by atoms with Crippen molar-refractivity contribution in [1.82, 2.24) is 4.72 Å². The molecule has 1 aliphatic carbocycles. The summed E-state index contributed by atoms with van der Waals surface area (Å²) in [6, 6.07) is 7.41. The average Bonchev–Trinajstić information content (AvgIpc) is 2.68. The fourth-order valence-electron chi connectivity index (χ4n) is 3.63. The molecule has 162 valence electrons. The van der Waals surface area contributed by atoms with E-state index in [-0.39, 0.29) is 27.4 Å². The number of hydrogen-bond donors (Lipinski definition) is 2. The van der Waals surface area contributed by atoms with Gasteiger partial charge in [-0.2, -0.15) is 0 Å². The van der Waals surface area contributed by atoms with Gasteiger partial charge in [-0.3, -0.25) is 4.79 Å². The van der Waals surface area contributed by atoms with Crippen LogP contribution in [0, 0.1) is 17.7 Å². The predicted octanol–water partition coefficient (Wildman–Crippen LogP) is 5.49. The van der Waals surface area contributed by atoms with E-state index in [0.29, 0.717) is 16.6 Å². The molecule has 0 saturated heterocycles. The zero-order valence-corrected chi connectivity index (χ0v) is 18.9. The minimum atomic E-state index is -3.91. The van der Waals surface area contributed by atoms with E-state index in [1.165, 1.54) is 18.2 Å². The van der Waals surface area contributed by atoms with Crippen molar-refractivity contribution in [2.24, 2.45) is 11.8 Å². The van der Waals surface area contributed by atoms with Crippen molar-refractivity contribution in [3.63, 3.8) is 0 Å². The molecule has 0 bridgehead atoms. The van der Waals surface area contributed by atoms with Crippen LogP contribution in [0.5, 0.6) is 0 Å². The van der Waals surface area contributed by atoms with Crippen molar-refractivity contribution in [2.45, 2.75) is 44.0 Å². The number of anilines is 1. The van der Waals surface area contributed by atoms with Crippen LogP contribution >= 0.6 is 23.2 Å². The summed E-state index contributed by atoms with van der Waals surface area (Å²) in [6.07, 6.45) is 2.75. The van der Waals surface area contributed by atoms with Gasteiger partial charge in [0.1, 0.15) is 5.82 Å². The van der Waals surface area contributed by atoms with Crippen molar-refractivity contribution >= 4 is 44.8 Å². The summed E-state index contributed by atoms with van der Waals surface area (Å²) in [5, 5.41) is 3.04. The van der Waals surface area contributed by atoms with Crippen LogP contribution < -0.4 is 10.0 Å². The van der Waals surface area contributed by atoms with Crippen molar-refractivity contribution < 1.29 is 17.6 Å². The molecule has 9 heteroatoms. The lowest BCUT2D eigenvalue weighted by atomic mass is 9.78. The quantitative estimate of drug-likeness (QED) is 0.603. The number of hydrogen-bond acceptors (Lipinski definition) is 3. The maximum atomic E-state index is 14.3. The topological polar surface area (TPSA) is 75.3 Å². The van der Waals surface area contributed by atoms with E-state index in [2.05, 4.69) is 17.0 Å². The molecule has 2 aromatic rings. The first kappa shape index (κ1) is 23.0. The molecule has 0 aliphatic heterocycles. The number of carbonyl (C=O) groups excluding carboxylic acids is 1. The Morgan fingerprint density at radius 1 is 1.07 bits per heavy atom. The number of carbonyl (C=O) groups is 1. The highest BCUT2D eigenvalue weighted by molar-refractivity contribution is 7.89. The molecule has 1 amide bonds. The molecule has 2 aromatic carbocycles. The Kier molecular flexibility index (Phi) is 7.07. The molecular weight excluding hydrogens is 450 g/mol. The summed E-state index contributed by atoms with van der Waals surface area (Å²) in [7, 11) is -3.91. The molecule has 0 heterocycles. The summed E-state index contributed by atoms with van der Waals surface area (Å²) >= 11 is 11.8. The lowest BCUT2D eigenvalue weighted by molar-refractivity contribution is 0.102. The normalized spacial score (nSPS) is 22.0. The minimum absolute atomic E-state index is 0.159. The standard InChI is InChI=1S/C21H23Cl2FN2O3S/c1-12-4-3-5-20(13(12)2)26-30(28,29)15-7-9-19(24)16(11-15)21(27)25-14-6-8-17(22)18(23)10-14/h6-13,20,26H,3-5H2,1-2H3,(H,25,27)/t12-,13-,20+/m1/s1. The van der Waals surface area contributed by atoms with Crippen molar-refractivity contribution in [3.05, 3.63) is 57.8 Å². The lowest BCUT2D eigenvalue weighted by Crippen LogP contribution is -2.43. The van der Waals surface area contributed by atoms with Crippen LogP contribution in [-0.4, -0.2) is 20.4 Å². The van der Waals surface area contributed by atoms with E-state index in [1.807, 2.05) is 6.92 Å². The van der Waals surface area contributed by atoms with Crippen molar-refractivity contribution in [1.29, 1.82) is 0 Å². The molecule has 3 atom stereocenters. The first-order chi connectivity index (χ1) is 14.1. The number of halogens is 3. The largest absolute Gasteiger partial charge is 0.322 e. The number of amides is 1. The Morgan fingerprint density at radius 3 is 2.50 bits per heavy atom. The summed E-state index contributed by atoms with van der Waals surface area (Å²) in [6.45, 7) is 4.13. The molecular formula is C21H23Cl2FN2O3S. The zero-order valence-electron chi connectivity index (χ0n) is 16.6. The summed E-state index contributed by atoms with van der Waals surface area (Å²) in [5.41, 5.74) is -0.0702. The highest BCUT2D eigenvalue weighted by Crippen LogP contribution is 2.31. The SMILES string of the molecule is C[C@@H]1[C@H](C)CCC[C@@H]1NS(=O)(=O)c1ccc(F)c(C(=O)Nc2ccc(Cl)c(Cl)c2)c1. The van der Waals surface area contributed by atoms with Gasteiger partial charge in [0.25, 0.3) is 5.91 Å². The van der Waals surface area contributed by atoms with E-state index in [1.54, 1.807) is 0 Å². The number of nitrogens with one attached hydrogen (secondary N) is 2. The average molecular weight is 473 g/mol. The van der Waals surface area contributed by atoms with Crippen LogP contribution in [0.3, 0.4) is 0 Å². The summed E-state index contributed by atoms with van der Waals surface area (Å²) in [5.74, 6) is -1.02. The van der Waals surface area contributed by atoms with Gasteiger partial charge in [0.2, 0.25) is 10.0 Å². The van der Waals surface area contributed by atoms with Gasteiger partial charge in [-0.25, -0.2) is 17.5 Å². The monoisotopic (exact) mass is 472 g/mol. The second kappa shape index (κ2) is 9.22. The van der Waals surface area contributed by atoms with Gasteiger partial charge >= 0.3 is 0 Å². The van der Waals surface area contributed by atoms with E-state index < -0.39 is 21.7 Å². The van der Waals surface area contributed by atoms with Crippen LogP contribution in [0.25, 0.3) is 0 Å². The molecule has 1 fully saturated rings. The third kappa shape index (κ3) is 5.14. The Labute approximate surface area is 186 Å². The fraction of sp³-hybridized carbons (Fsp3) is 0.381. The molecule has 0 unspecified atom stereocenters. The molecule has 1 aliphatic rings. The van der Waals surface area contributed by atoms with Gasteiger partial charge in [-0.05, 0) is 54.7 Å². The Morgan fingerprint density at radius 2 is 1.80 bits per heavy atom. The molecule has 1 saturated carbocycles. The Balaban J connectivity index is 1.83. The molecule has 2 N–H and O–H groups in total. The molecule has 0 aromatic heterocycles. The van der Waals surface area contributed by atoms with Gasteiger partial charge in [0, 0.05) is 11.7 Å². The highest BCUT2D eigenvalue weighted by atomic mass is 35.5. The summed E-state index contributed by atoms with van der Waals surface area (Å²) in [4.78, 5) is 12.4. The first-order valence-electron chi connectivity index (χ1n) is 9.67. The zero-order chi connectivity index (χ0) is 22.1. The molecule has 5 nitrogen and oxygen atoms in total. The second-order valence-electron chi connectivity index (χ2n) is 7.72. The molecule has 0 spiro atoms. The minimum Gasteiger partial charge on any atom is -0.322 e. The number of sulfonamides is 1. The Bertz CT molecular complexity index is 1060. The van der Waals surface area contributed by atoms with Gasteiger partial charge < -0.3 is 5.32 Å². The maximum absolute atomic E-state index is 14.3. The predicted molar refractivity (Wildman–Crippen MR) is 117 cm³/mol. The van der Waals surface area contributed by atoms with Crippen LogP contribution in [0.1, 0.15) is 43.5 Å². The van der Waals surface area contributed by atoms with Crippen molar-refractivity contribution in [3.8, 4) is 0 Å². The lowest BCUT2D eigenvalue weighted by Gasteiger charge is -2.34. The van der Waals surface area contributed by atoms with Crippen LogP contribution in [-0.2, 0) is 10.0 Å². The first-order valence-corrected chi connectivity index (χ1v) is 11.9. The van der Waals surface area contributed by atoms with Gasteiger partial charge in [-0.1, -0.05) is 49.9 Å². The van der Waals surface area contributed by atoms with Gasteiger partial charge in [0.05, 0.1) is 20.5 Å². The second-order valence-corrected chi connectivity index (χ2v) is 10.2. The van der Waals surface area contributed by atoms with Gasteiger partial charge in [0.15, 0.2) is 0 Å². The highest BCUT2D eigenvalue weighted by Gasteiger charge is 2.31. The Hall–Kier alpha value is -1.67. The molecule has 3 rings (SSSR count). The van der Waals surface area contributed by atoms with Crippen LogP contribution in [0.4, 0.5) is 10.1 Å². The van der Waals surface area contributed by atoms with Crippen molar-refractivity contribution in [2.75, 3.05) is 5.32 Å². The maximum Gasteiger partial charge on any atom is 0.258 e. The van der Waals surface area contributed by atoms with Gasteiger partial charge in [-0.15, -0.1) is 0 Å². The van der Waals surface area contributed by atoms with E-state index in [0.717, 1.165) is 37.5 Å². The van der Waals surface area contributed by atoms with E-state index in [4.69, 9.17) is 23.2 Å². The third-order valence-electron chi connectivity index (χ3n) is 5.68.